The average molecular weight is 289 g/mol. The molecule has 2 rings (SSSR count). The molecule has 1 heterocycles. The van der Waals surface area contributed by atoms with Crippen molar-refractivity contribution >= 4 is 29.9 Å². The minimum atomic E-state index is 0. The molecule has 1 N–H and O–H groups in total. The third kappa shape index (κ3) is 3.37. The lowest BCUT2D eigenvalue weighted by Gasteiger charge is -2.32. The van der Waals surface area contributed by atoms with Gasteiger partial charge in [-0.05, 0) is 31.5 Å². The van der Waals surface area contributed by atoms with Crippen LogP contribution >= 0.6 is 24.0 Å². The fourth-order valence-electron chi connectivity index (χ4n) is 2.11. The molecule has 0 aromatic heterocycles. The number of nitrogens with one attached hydrogen (secondary N) is 1. The predicted octanol–water partition coefficient (Wildman–Crippen LogP) is 2.50. The van der Waals surface area contributed by atoms with Gasteiger partial charge in [0.05, 0.1) is 0 Å². The van der Waals surface area contributed by atoms with Gasteiger partial charge in [0, 0.05) is 36.3 Å². The molecule has 3 nitrogen and oxygen atoms in total. The Balaban J connectivity index is 0.00000162. The first kappa shape index (κ1) is 15.3. The second-order valence-electron chi connectivity index (χ2n) is 4.57. The van der Waals surface area contributed by atoms with Crippen LogP contribution in [0.15, 0.2) is 18.2 Å². The summed E-state index contributed by atoms with van der Waals surface area (Å²) in [4.78, 5) is 14.2. The zero-order valence-corrected chi connectivity index (χ0v) is 12.1. The Morgan fingerprint density at radius 2 is 2.22 bits per heavy atom. The van der Waals surface area contributed by atoms with Gasteiger partial charge in [0.2, 0.25) is 0 Å². The van der Waals surface area contributed by atoms with Gasteiger partial charge in [0.1, 0.15) is 0 Å². The van der Waals surface area contributed by atoms with Crippen molar-refractivity contribution in [3.05, 3.63) is 34.3 Å². The van der Waals surface area contributed by atoms with Crippen LogP contribution in [0.4, 0.5) is 0 Å². The quantitative estimate of drug-likeness (QED) is 0.861. The summed E-state index contributed by atoms with van der Waals surface area (Å²) in [5.41, 5.74) is 1.69. The van der Waals surface area contributed by atoms with E-state index in [-0.39, 0.29) is 18.3 Å². The van der Waals surface area contributed by atoms with E-state index in [2.05, 4.69) is 12.2 Å². The van der Waals surface area contributed by atoms with Gasteiger partial charge >= 0.3 is 0 Å². The van der Waals surface area contributed by atoms with E-state index in [1.165, 1.54) is 0 Å². The maximum atomic E-state index is 12.4. The van der Waals surface area contributed by atoms with Gasteiger partial charge in [-0.25, -0.2) is 0 Å². The molecule has 0 bridgehead atoms. The highest BCUT2D eigenvalue weighted by Gasteiger charge is 2.22. The Kier molecular flexibility index (Phi) is 5.45. The Morgan fingerprint density at radius 1 is 1.50 bits per heavy atom. The maximum absolute atomic E-state index is 12.4. The standard InChI is InChI=1S/C13H17ClN2O.ClH/c1-9-3-4-11(14)7-12(9)13(17)16-6-5-15-10(2)8-16;/h3-4,7,10,15H,5-6,8H2,1-2H3;1H/t10-;/m0./s1. The first-order chi connectivity index (χ1) is 8.08. The molecule has 1 aromatic rings. The molecule has 0 spiro atoms. The number of amides is 1. The molecule has 1 aliphatic rings. The van der Waals surface area contributed by atoms with Gasteiger partial charge in [-0.15, -0.1) is 12.4 Å². The summed E-state index contributed by atoms with van der Waals surface area (Å²) in [6.45, 7) is 6.39. The van der Waals surface area contributed by atoms with E-state index >= 15 is 0 Å². The zero-order chi connectivity index (χ0) is 12.4. The molecule has 1 amide bonds. The number of piperazine rings is 1. The summed E-state index contributed by atoms with van der Waals surface area (Å²) in [6, 6.07) is 5.81. The van der Waals surface area contributed by atoms with Gasteiger partial charge < -0.3 is 10.2 Å². The minimum absolute atomic E-state index is 0. The van der Waals surface area contributed by atoms with Crippen LogP contribution in [0.3, 0.4) is 0 Å². The number of hydrogen-bond donors (Lipinski definition) is 1. The topological polar surface area (TPSA) is 32.3 Å². The molecule has 5 heteroatoms. The Labute approximate surface area is 119 Å². The molecular formula is C13H18Cl2N2O. The lowest BCUT2D eigenvalue weighted by Crippen LogP contribution is -2.51. The van der Waals surface area contributed by atoms with E-state index < -0.39 is 0 Å². The van der Waals surface area contributed by atoms with Crippen molar-refractivity contribution in [1.29, 1.82) is 0 Å². The van der Waals surface area contributed by atoms with Crippen molar-refractivity contribution in [1.82, 2.24) is 10.2 Å². The maximum Gasteiger partial charge on any atom is 0.254 e. The summed E-state index contributed by atoms with van der Waals surface area (Å²) in [6.07, 6.45) is 0. The molecule has 0 aliphatic carbocycles. The molecule has 0 unspecified atom stereocenters. The molecule has 1 saturated heterocycles. The molecule has 18 heavy (non-hydrogen) atoms. The van der Waals surface area contributed by atoms with Crippen molar-refractivity contribution in [3.8, 4) is 0 Å². The summed E-state index contributed by atoms with van der Waals surface area (Å²) < 4.78 is 0. The molecular weight excluding hydrogens is 271 g/mol. The fraction of sp³-hybridized carbons (Fsp3) is 0.462. The molecule has 1 aliphatic heterocycles. The summed E-state index contributed by atoms with van der Waals surface area (Å²) >= 11 is 5.95. The Hall–Kier alpha value is -0.770. The first-order valence-corrected chi connectivity index (χ1v) is 6.24. The van der Waals surface area contributed by atoms with Crippen molar-refractivity contribution in [2.45, 2.75) is 19.9 Å². The van der Waals surface area contributed by atoms with Gasteiger partial charge in [0.25, 0.3) is 5.91 Å². The number of benzene rings is 1. The summed E-state index contributed by atoms with van der Waals surface area (Å²) in [5, 5.41) is 3.94. The van der Waals surface area contributed by atoms with Crippen molar-refractivity contribution in [2.24, 2.45) is 0 Å². The number of carbonyl (C=O) groups is 1. The van der Waals surface area contributed by atoms with Crippen LogP contribution in [0.5, 0.6) is 0 Å². The number of rotatable bonds is 1. The Morgan fingerprint density at radius 3 is 2.89 bits per heavy atom. The largest absolute Gasteiger partial charge is 0.336 e. The van der Waals surface area contributed by atoms with Gasteiger partial charge in [-0.2, -0.15) is 0 Å². The van der Waals surface area contributed by atoms with E-state index in [0.29, 0.717) is 16.6 Å². The third-order valence-electron chi connectivity index (χ3n) is 3.09. The highest BCUT2D eigenvalue weighted by molar-refractivity contribution is 6.31. The van der Waals surface area contributed by atoms with Gasteiger partial charge in [-0.3, -0.25) is 4.79 Å². The average Bonchev–Trinajstić information content (AvgIpc) is 2.31. The zero-order valence-electron chi connectivity index (χ0n) is 10.6. The predicted molar refractivity (Wildman–Crippen MR) is 76.8 cm³/mol. The Bertz CT molecular complexity index is 437. The van der Waals surface area contributed by atoms with Crippen LogP contribution < -0.4 is 5.32 Å². The molecule has 1 aromatic carbocycles. The minimum Gasteiger partial charge on any atom is -0.336 e. The van der Waals surface area contributed by atoms with Crippen LogP contribution in [0.25, 0.3) is 0 Å². The van der Waals surface area contributed by atoms with Crippen molar-refractivity contribution < 1.29 is 4.79 Å². The molecule has 1 fully saturated rings. The third-order valence-corrected chi connectivity index (χ3v) is 3.32. The lowest BCUT2D eigenvalue weighted by molar-refractivity contribution is 0.0708. The normalized spacial score (nSPS) is 19.3. The number of carbonyl (C=O) groups excluding carboxylic acids is 1. The second-order valence-corrected chi connectivity index (χ2v) is 5.00. The number of hydrogen-bond acceptors (Lipinski definition) is 2. The van der Waals surface area contributed by atoms with Crippen molar-refractivity contribution in [2.75, 3.05) is 19.6 Å². The smallest absolute Gasteiger partial charge is 0.254 e. The van der Waals surface area contributed by atoms with Gasteiger partial charge in [-0.1, -0.05) is 17.7 Å². The van der Waals surface area contributed by atoms with Crippen LogP contribution in [-0.2, 0) is 0 Å². The van der Waals surface area contributed by atoms with Crippen LogP contribution in [0.2, 0.25) is 5.02 Å². The van der Waals surface area contributed by atoms with E-state index in [9.17, 15) is 4.79 Å². The summed E-state index contributed by atoms with van der Waals surface area (Å²) in [7, 11) is 0. The first-order valence-electron chi connectivity index (χ1n) is 5.87. The van der Waals surface area contributed by atoms with Crippen LogP contribution in [0, 0.1) is 6.92 Å². The van der Waals surface area contributed by atoms with Crippen LogP contribution in [-0.4, -0.2) is 36.5 Å². The van der Waals surface area contributed by atoms with E-state index in [0.717, 1.165) is 25.2 Å². The van der Waals surface area contributed by atoms with Crippen LogP contribution in [0.1, 0.15) is 22.8 Å². The highest BCUT2D eigenvalue weighted by Crippen LogP contribution is 2.18. The monoisotopic (exact) mass is 288 g/mol. The second kappa shape index (κ2) is 6.41. The lowest BCUT2D eigenvalue weighted by atomic mass is 10.1. The van der Waals surface area contributed by atoms with Gasteiger partial charge in [0.15, 0.2) is 0 Å². The number of aryl methyl sites for hydroxylation is 1. The molecule has 0 radical (unpaired) electrons. The number of halogens is 2. The highest BCUT2D eigenvalue weighted by atomic mass is 35.5. The fourth-order valence-corrected chi connectivity index (χ4v) is 2.28. The van der Waals surface area contributed by atoms with E-state index in [1.807, 2.05) is 24.0 Å². The molecule has 0 saturated carbocycles. The number of nitrogens with zero attached hydrogens (tertiary/aromatic N) is 1. The molecule has 1 atom stereocenters. The van der Waals surface area contributed by atoms with E-state index in [4.69, 9.17) is 11.6 Å². The SMILES string of the molecule is Cc1ccc(Cl)cc1C(=O)N1CCN[C@@H](C)C1.Cl. The van der Waals surface area contributed by atoms with E-state index in [1.54, 1.807) is 6.07 Å². The molecule has 100 valence electrons. The van der Waals surface area contributed by atoms with Crippen molar-refractivity contribution in [3.63, 3.8) is 0 Å². The summed E-state index contributed by atoms with van der Waals surface area (Å²) in [5.74, 6) is 0.0818.